The number of amides is 2. The molecule has 2 aliphatic rings. The van der Waals surface area contributed by atoms with Gasteiger partial charge < -0.3 is 15.6 Å². The van der Waals surface area contributed by atoms with Crippen molar-refractivity contribution in [3.8, 4) is 0 Å². The van der Waals surface area contributed by atoms with Gasteiger partial charge in [-0.15, -0.1) is 0 Å². The number of carbonyl (C=O) groups excluding carboxylic acids is 2. The summed E-state index contributed by atoms with van der Waals surface area (Å²) < 4.78 is 0. The second-order valence-corrected chi connectivity index (χ2v) is 7.19. The van der Waals surface area contributed by atoms with Crippen molar-refractivity contribution in [3.63, 3.8) is 0 Å². The van der Waals surface area contributed by atoms with Gasteiger partial charge in [-0.1, -0.05) is 6.42 Å². The van der Waals surface area contributed by atoms with Gasteiger partial charge in [0.25, 0.3) is 0 Å². The fourth-order valence-electron chi connectivity index (χ4n) is 4.49. The lowest BCUT2D eigenvalue weighted by Crippen LogP contribution is -2.45. The second kappa shape index (κ2) is 5.92. The molecular formula is C18H22N4O2. The highest BCUT2D eigenvalue weighted by atomic mass is 16.2. The van der Waals surface area contributed by atoms with Crippen LogP contribution < -0.4 is 10.6 Å². The molecule has 2 fully saturated rings. The summed E-state index contributed by atoms with van der Waals surface area (Å²) in [6.45, 7) is 2.02. The van der Waals surface area contributed by atoms with E-state index in [-0.39, 0.29) is 6.04 Å². The summed E-state index contributed by atoms with van der Waals surface area (Å²) in [6.07, 6.45) is 6.68. The molecule has 1 aromatic heterocycles. The fourth-order valence-corrected chi connectivity index (χ4v) is 4.49. The Balaban J connectivity index is 1.36. The Morgan fingerprint density at radius 3 is 2.88 bits per heavy atom. The molecule has 0 radical (unpaired) electrons. The maximum atomic E-state index is 12.2. The fraction of sp³-hybridized carbons (Fsp3) is 0.500. The number of anilines is 1. The van der Waals surface area contributed by atoms with Crippen LogP contribution in [0.5, 0.6) is 0 Å². The molecule has 1 aromatic carbocycles. The zero-order valence-electron chi connectivity index (χ0n) is 13.7. The molecule has 24 heavy (non-hydrogen) atoms. The Labute approximate surface area is 140 Å². The van der Waals surface area contributed by atoms with E-state index in [1.165, 1.54) is 25.7 Å². The number of imidazole rings is 1. The van der Waals surface area contributed by atoms with Gasteiger partial charge >= 0.3 is 11.8 Å². The highest BCUT2D eigenvalue weighted by Crippen LogP contribution is 2.49. The van der Waals surface area contributed by atoms with Crippen molar-refractivity contribution in [2.75, 3.05) is 5.32 Å². The van der Waals surface area contributed by atoms with Crippen LogP contribution in [0.15, 0.2) is 24.5 Å². The van der Waals surface area contributed by atoms with Crippen LogP contribution >= 0.6 is 0 Å². The standard InChI is InChI=1S/C18H22N4O2/c1-10(14-7-11-2-3-12(14)6-11)21-17(23)18(24)22-13-4-5-15-16(8-13)20-9-19-15/h4-5,8-12,14H,2-3,6-7H2,1H3,(H,19,20)(H,21,23)(H,22,24). The van der Waals surface area contributed by atoms with E-state index in [4.69, 9.17) is 0 Å². The summed E-state index contributed by atoms with van der Waals surface area (Å²) >= 11 is 0. The van der Waals surface area contributed by atoms with E-state index in [0.717, 1.165) is 22.9 Å². The first kappa shape index (κ1) is 15.2. The number of fused-ring (bicyclic) bond motifs is 3. The Bertz CT molecular complexity index is 784. The van der Waals surface area contributed by atoms with Crippen molar-refractivity contribution in [1.82, 2.24) is 15.3 Å². The third kappa shape index (κ3) is 2.77. The van der Waals surface area contributed by atoms with Crippen molar-refractivity contribution < 1.29 is 9.59 Å². The van der Waals surface area contributed by atoms with Crippen LogP contribution in [-0.4, -0.2) is 27.8 Å². The molecule has 0 aliphatic heterocycles. The number of aromatic nitrogens is 2. The summed E-state index contributed by atoms with van der Waals surface area (Å²) in [5.41, 5.74) is 2.23. The zero-order chi connectivity index (χ0) is 16.7. The molecule has 1 heterocycles. The van der Waals surface area contributed by atoms with Crippen molar-refractivity contribution in [3.05, 3.63) is 24.5 Å². The minimum Gasteiger partial charge on any atom is -0.345 e. The van der Waals surface area contributed by atoms with E-state index in [0.29, 0.717) is 11.6 Å². The van der Waals surface area contributed by atoms with Crippen LogP contribution in [0.2, 0.25) is 0 Å². The Morgan fingerprint density at radius 1 is 1.25 bits per heavy atom. The molecule has 4 unspecified atom stereocenters. The predicted molar refractivity (Wildman–Crippen MR) is 91.3 cm³/mol. The molecule has 2 aliphatic carbocycles. The van der Waals surface area contributed by atoms with Gasteiger partial charge in [0.2, 0.25) is 0 Å². The van der Waals surface area contributed by atoms with Crippen LogP contribution in [0.25, 0.3) is 11.0 Å². The van der Waals surface area contributed by atoms with Crippen LogP contribution in [0.4, 0.5) is 5.69 Å². The first-order chi connectivity index (χ1) is 11.6. The maximum Gasteiger partial charge on any atom is 0.313 e. The topological polar surface area (TPSA) is 86.9 Å². The minimum absolute atomic E-state index is 0.0497. The van der Waals surface area contributed by atoms with Crippen molar-refractivity contribution in [2.24, 2.45) is 17.8 Å². The van der Waals surface area contributed by atoms with Crippen molar-refractivity contribution in [2.45, 2.75) is 38.6 Å². The number of H-pyrrole nitrogens is 1. The largest absolute Gasteiger partial charge is 0.345 e. The number of nitrogens with zero attached hydrogens (tertiary/aromatic N) is 1. The van der Waals surface area contributed by atoms with E-state index in [9.17, 15) is 9.59 Å². The third-order valence-corrected chi connectivity index (χ3v) is 5.68. The first-order valence-corrected chi connectivity index (χ1v) is 8.65. The molecule has 6 heteroatoms. The van der Waals surface area contributed by atoms with Gasteiger partial charge in [0.1, 0.15) is 0 Å². The Kier molecular flexibility index (Phi) is 3.75. The molecule has 2 bridgehead atoms. The maximum absolute atomic E-state index is 12.2. The van der Waals surface area contributed by atoms with Crippen LogP contribution in [0, 0.1) is 17.8 Å². The minimum atomic E-state index is -0.621. The number of carbonyl (C=O) groups is 2. The molecule has 0 spiro atoms. The zero-order valence-corrected chi connectivity index (χ0v) is 13.7. The summed E-state index contributed by atoms with van der Waals surface area (Å²) in [7, 11) is 0. The van der Waals surface area contributed by atoms with Gasteiger partial charge in [-0.25, -0.2) is 4.98 Å². The van der Waals surface area contributed by atoms with Crippen molar-refractivity contribution in [1.29, 1.82) is 0 Å². The molecule has 126 valence electrons. The van der Waals surface area contributed by atoms with E-state index < -0.39 is 11.8 Å². The van der Waals surface area contributed by atoms with E-state index in [1.54, 1.807) is 24.5 Å². The molecule has 2 saturated carbocycles. The lowest BCUT2D eigenvalue weighted by molar-refractivity contribution is -0.136. The van der Waals surface area contributed by atoms with E-state index >= 15 is 0 Å². The Morgan fingerprint density at radius 2 is 2.12 bits per heavy atom. The summed E-state index contributed by atoms with van der Waals surface area (Å²) in [5, 5.41) is 5.54. The molecule has 2 amide bonds. The normalized spacial score (nSPS) is 26.5. The number of hydrogen-bond acceptors (Lipinski definition) is 3. The molecule has 4 atom stereocenters. The molecule has 3 N–H and O–H groups in total. The van der Waals surface area contributed by atoms with Gasteiger partial charge in [0, 0.05) is 11.7 Å². The average Bonchev–Trinajstić information content (AvgIpc) is 3.30. The van der Waals surface area contributed by atoms with Gasteiger partial charge in [0.15, 0.2) is 0 Å². The van der Waals surface area contributed by atoms with Gasteiger partial charge in [0.05, 0.1) is 17.4 Å². The van der Waals surface area contributed by atoms with Crippen LogP contribution in [0.1, 0.15) is 32.6 Å². The second-order valence-electron chi connectivity index (χ2n) is 7.19. The SMILES string of the molecule is CC(NC(=O)C(=O)Nc1ccc2nc[nH]c2c1)C1CC2CCC1C2. The molecule has 2 aromatic rings. The lowest BCUT2D eigenvalue weighted by Gasteiger charge is -2.28. The predicted octanol–water partition coefficient (Wildman–Crippen LogP) is 2.44. The highest BCUT2D eigenvalue weighted by Gasteiger charge is 2.42. The van der Waals surface area contributed by atoms with E-state index in [2.05, 4.69) is 20.6 Å². The number of hydrogen-bond donors (Lipinski definition) is 3. The summed E-state index contributed by atoms with van der Waals surface area (Å²) in [4.78, 5) is 31.5. The Hall–Kier alpha value is -2.37. The highest BCUT2D eigenvalue weighted by molar-refractivity contribution is 6.39. The number of rotatable bonds is 3. The molecule has 6 nitrogen and oxygen atoms in total. The molecular weight excluding hydrogens is 304 g/mol. The van der Waals surface area contributed by atoms with Gasteiger partial charge in [-0.2, -0.15) is 0 Å². The number of aromatic amines is 1. The van der Waals surface area contributed by atoms with E-state index in [1.807, 2.05) is 6.92 Å². The summed E-state index contributed by atoms with van der Waals surface area (Å²) in [6, 6.07) is 5.37. The first-order valence-electron chi connectivity index (χ1n) is 8.65. The van der Waals surface area contributed by atoms with Crippen molar-refractivity contribution >= 4 is 28.5 Å². The van der Waals surface area contributed by atoms with Gasteiger partial charge in [-0.3, -0.25) is 9.59 Å². The smallest absolute Gasteiger partial charge is 0.313 e. The lowest BCUT2D eigenvalue weighted by atomic mass is 9.84. The third-order valence-electron chi connectivity index (χ3n) is 5.68. The quantitative estimate of drug-likeness (QED) is 0.757. The average molecular weight is 326 g/mol. The molecule has 0 saturated heterocycles. The molecule has 4 rings (SSSR count). The van der Waals surface area contributed by atoms with Gasteiger partial charge in [-0.05, 0) is 62.1 Å². The summed E-state index contributed by atoms with van der Waals surface area (Å²) in [5.74, 6) is 0.881. The van der Waals surface area contributed by atoms with Crippen LogP contribution in [0.3, 0.4) is 0 Å². The number of benzene rings is 1. The van der Waals surface area contributed by atoms with Crippen LogP contribution in [-0.2, 0) is 9.59 Å². The monoisotopic (exact) mass is 326 g/mol. The number of nitrogens with one attached hydrogen (secondary N) is 3.